The Balaban J connectivity index is 0.00000341. The maximum absolute atomic E-state index is 5.64. The van der Waals surface area contributed by atoms with E-state index < -0.39 is 0 Å². The molecular formula is C23H37IN6O. The summed E-state index contributed by atoms with van der Waals surface area (Å²) in [5.41, 5.74) is 1.41. The molecule has 0 aromatic carbocycles. The SMILES string of the molecule is CCNC(=NCc1ccc(-n2ccnc2C)nc1)NCC1(CCOCC)CCCC1.I. The first-order valence-electron chi connectivity index (χ1n) is 11.2. The summed E-state index contributed by atoms with van der Waals surface area (Å²) in [6.07, 6.45) is 11.9. The molecule has 0 atom stereocenters. The number of imidazole rings is 1. The summed E-state index contributed by atoms with van der Waals surface area (Å²) < 4.78 is 7.61. The monoisotopic (exact) mass is 540 g/mol. The standard InChI is InChI=1S/C23H36N6O.HI/c1-4-24-22(28-18-23(10-6-7-11-23)12-15-30-5-2)27-17-20-8-9-21(26-16-20)29-14-13-25-19(29)3;/h8-9,13-14,16H,4-7,10-12,15,17-18H2,1-3H3,(H2,24,27,28);1H. The van der Waals surface area contributed by atoms with Gasteiger partial charge >= 0.3 is 0 Å². The average Bonchev–Trinajstić information content (AvgIpc) is 3.40. The fourth-order valence-corrected chi connectivity index (χ4v) is 4.13. The molecule has 1 aliphatic rings. The van der Waals surface area contributed by atoms with Gasteiger partial charge in [-0.05, 0) is 57.1 Å². The van der Waals surface area contributed by atoms with Gasteiger partial charge in [-0.2, -0.15) is 0 Å². The quantitative estimate of drug-likeness (QED) is 0.204. The number of hydrogen-bond donors (Lipinski definition) is 2. The predicted molar refractivity (Wildman–Crippen MR) is 136 cm³/mol. The Hall–Kier alpha value is -1.68. The van der Waals surface area contributed by atoms with Gasteiger partial charge in [0.25, 0.3) is 0 Å². The van der Waals surface area contributed by atoms with Crippen molar-refractivity contribution in [1.29, 1.82) is 0 Å². The summed E-state index contributed by atoms with van der Waals surface area (Å²) in [6.45, 7) is 10.2. The molecule has 172 valence electrons. The van der Waals surface area contributed by atoms with Crippen LogP contribution in [0.5, 0.6) is 0 Å². The Morgan fingerprint density at radius 3 is 2.61 bits per heavy atom. The highest BCUT2D eigenvalue weighted by Gasteiger charge is 2.33. The molecule has 2 heterocycles. The first kappa shape index (κ1) is 25.6. The van der Waals surface area contributed by atoms with Gasteiger partial charge in [0, 0.05) is 44.9 Å². The Bertz CT molecular complexity index is 799. The van der Waals surface area contributed by atoms with Crippen LogP contribution in [0.4, 0.5) is 0 Å². The normalized spacial score (nSPS) is 15.5. The lowest BCUT2D eigenvalue weighted by Crippen LogP contribution is -2.43. The third-order valence-corrected chi connectivity index (χ3v) is 5.92. The van der Waals surface area contributed by atoms with Crippen molar-refractivity contribution >= 4 is 29.9 Å². The number of aryl methyl sites for hydroxylation is 1. The van der Waals surface area contributed by atoms with Crippen LogP contribution in [0.15, 0.2) is 35.7 Å². The molecule has 0 saturated heterocycles. The Kier molecular flexibility index (Phi) is 10.7. The van der Waals surface area contributed by atoms with Crippen molar-refractivity contribution in [1.82, 2.24) is 25.2 Å². The van der Waals surface area contributed by atoms with Gasteiger partial charge in [-0.15, -0.1) is 24.0 Å². The molecule has 2 aromatic heterocycles. The molecule has 8 heteroatoms. The number of nitrogens with one attached hydrogen (secondary N) is 2. The molecule has 0 aliphatic heterocycles. The summed E-state index contributed by atoms with van der Waals surface area (Å²) in [5.74, 6) is 2.67. The van der Waals surface area contributed by atoms with Crippen molar-refractivity contribution in [3.8, 4) is 5.82 Å². The zero-order valence-corrected chi connectivity index (χ0v) is 21.4. The average molecular weight is 540 g/mol. The van der Waals surface area contributed by atoms with Crippen molar-refractivity contribution in [2.24, 2.45) is 10.4 Å². The smallest absolute Gasteiger partial charge is 0.191 e. The number of aromatic nitrogens is 3. The summed E-state index contributed by atoms with van der Waals surface area (Å²) >= 11 is 0. The number of rotatable bonds is 10. The highest BCUT2D eigenvalue weighted by atomic mass is 127. The number of halogens is 1. The Labute approximate surface area is 203 Å². The Morgan fingerprint density at radius 2 is 2.00 bits per heavy atom. The van der Waals surface area contributed by atoms with Gasteiger partial charge in [-0.3, -0.25) is 4.57 Å². The minimum Gasteiger partial charge on any atom is -0.382 e. The number of nitrogens with zero attached hydrogens (tertiary/aromatic N) is 4. The molecule has 2 aromatic rings. The molecule has 0 unspecified atom stereocenters. The van der Waals surface area contributed by atoms with E-state index in [4.69, 9.17) is 9.73 Å². The lowest BCUT2D eigenvalue weighted by atomic mass is 9.83. The maximum Gasteiger partial charge on any atom is 0.191 e. The fraction of sp³-hybridized carbons (Fsp3) is 0.609. The molecule has 0 bridgehead atoms. The summed E-state index contributed by atoms with van der Waals surface area (Å²) in [6, 6.07) is 4.09. The molecule has 0 amide bonds. The molecule has 1 fully saturated rings. The van der Waals surface area contributed by atoms with Gasteiger partial charge in [-0.1, -0.05) is 18.9 Å². The molecule has 31 heavy (non-hydrogen) atoms. The predicted octanol–water partition coefficient (Wildman–Crippen LogP) is 4.24. The molecule has 2 N–H and O–H groups in total. The van der Waals surface area contributed by atoms with Gasteiger partial charge in [0.15, 0.2) is 5.96 Å². The second-order valence-corrected chi connectivity index (χ2v) is 8.07. The second kappa shape index (κ2) is 13.0. The molecule has 0 radical (unpaired) electrons. The lowest BCUT2D eigenvalue weighted by Gasteiger charge is -2.30. The van der Waals surface area contributed by atoms with E-state index in [9.17, 15) is 0 Å². The largest absolute Gasteiger partial charge is 0.382 e. The molecule has 1 saturated carbocycles. The number of aliphatic imine (C=N–C) groups is 1. The highest BCUT2D eigenvalue weighted by Crippen LogP contribution is 2.40. The second-order valence-electron chi connectivity index (χ2n) is 8.07. The van der Waals surface area contributed by atoms with Crippen LogP contribution in [0.1, 0.15) is 57.3 Å². The van der Waals surface area contributed by atoms with Gasteiger partial charge in [0.1, 0.15) is 11.6 Å². The van der Waals surface area contributed by atoms with Crippen molar-refractivity contribution < 1.29 is 4.74 Å². The highest BCUT2D eigenvalue weighted by molar-refractivity contribution is 14.0. The van der Waals surface area contributed by atoms with Crippen molar-refractivity contribution in [3.63, 3.8) is 0 Å². The zero-order valence-electron chi connectivity index (χ0n) is 19.1. The zero-order chi connectivity index (χ0) is 21.2. The van der Waals surface area contributed by atoms with E-state index >= 15 is 0 Å². The van der Waals surface area contributed by atoms with Gasteiger partial charge < -0.3 is 15.4 Å². The summed E-state index contributed by atoms with van der Waals surface area (Å²) in [5, 5.41) is 6.97. The third kappa shape index (κ3) is 7.45. The molecule has 7 nitrogen and oxygen atoms in total. The van der Waals surface area contributed by atoms with E-state index in [-0.39, 0.29) is 24.0 Å². The van der Waals surface area contributed by atoms with Crippen molar-refractivity contribution in [2.75, 3.05) is 26.3 Å². The van der Waals surface area contributed by atoms with E-state index in [1.165, 1.54) is 25.7 Å². The molecular weight excluding hydrogens is 503 g/mol. The summed E-state index contributed by atoms with van der Waals surface area (Å²) in [7, 11) is 0. The van der Waals surface area contributed by atoms with Crippen LogP contribution in [-0.2, 0) is 11.3 Å². The Morgan fingerprint density at radius 1 is 1.19 bits per heavy atom. The van der Waals surface area contributed by atoms with Crippen LogP contribution in [0, 0.1) is 12.3 Å². The van der Waals surface area contributed by atoms with E-state index in [1.54, 1.807) is 6.20 Å². The van der Waals surface area contributed by atoms with Gasteiger partial charge in [-0.25, -0.2) is 15.0 Å². The van der Waals surface area contributed by atoms with Crippen LogP contribution >= 0.6 is 24.0 Å². The number of hydrogen-bond acceptors (Lipinski definition) is 4. The number of ether oxygens (including phenoxy) is 1. The van der Waals surface area contributed by atoms with Crippen LogP contribution in [0.2, 0.25) is 0 Å². The van der Waals surface area contributed by atoms with Crippen LogP contribution < -0.4 is 10.6 Å². The van der Waals surface area contributed by atoms with Gasteiger partial charge in [0.2, 0.25) is 0 Å². The number of pyridine rings is 1. The van der Waals surface area contributed by atoms with Crippen LogP contribution in [0.25, 0.3) is 5.82 Å². The molecule has 3 rings (SSSR count). The summed E-state index contributed by atoms with van der Waals surface area (Å²) in [4.78, 5) is 13.6. The third-order valence-electron chi connectivity index (χ3n) is 5.92. The van der Waals surface area contributed by atoms with Crippen molar-refractivity contribution in [2.45, 2.75) is 59.4 Å². The van der Waals surface area contributed by atoms with Gasteiger partial charge in [0.05, 0.1) is 6.54 Å². The van der Waals surface area contributed by atoms with E-state index in [1.807, 2.05) is 30.0 Å². The topological polar surface area (TPSA) is 76.4 Å². The first-order chi connectivity index (χ1) is 14.7. The fourth-order valence-electron chi connectivity index (χ4n) is 4.13. The maximum atomic E-state index is 5.64. The minimum atomic E-state index is 0. The van der Waals surface area contributed by atoms with E-state index in [2.05, 4.69) is 40.5 Å². The molecule has 1 aliphatic carbocycles. The lowest BCUT2D eigenvalue weighted by molar-refractivity contribution is 0.105. The van der Waals surface area contributed by atoms with Crippen LogP contribution in [0.3, 0.4) is 0 Å². The van der Waals surface area contributed by atoms with E-state index in [0.717, 1.165) is 55.9 Å². The van der Waals surface area contributed by atoms with E-state index in [0.29, 0.717) is 12.0 Å². The first-order valence-corrected chi connectivity index (χ1v) is 11.2. The van der Waals surface area contributed by atoms with Crippen LogP contribution in [-0.4, -0.2) is 46.8 Å². The number of guanidine groups is 1. The van der Waals surface area contributed by atoms with Crippen molar-refractivity contribution in [3.05, 3.63) is 42.1 Å². The minimum absolute atomic E-state index is 0. The molecule has 0 spiro atoms.